The number of carbonyl (C=O) groups excluding carboxylic acids is 1. The highest BCUT2D eigenvalue weighted by Gasteiger charge is 2.26. The highest BCUT2D eigenvalue weighted by Crippen LogP contribution is 2.32. The SMILES string of the molecule is CCc1cnc(N2CCC(COc3ccc(C4=CCC(C(=O)N5CC=CC5)CC4)cc3)CC2)nc1. The first kappa shape index (κ1) is 23.6. The first-order valence-electron chi connectivity index (χ1n) is 13.1. The van der Waals surface area contributed by atoms with E-state index in [1.807, 2.05) is 17.3 Å². The fourth-order valence-electron chi connectivity index (χ4n) is 5.21. The van der Waals surface area contributed by atoms with Crippen LogP contribution in [0.2, 0.25) is 0 Å². The van der Waals surface area contributed by atoms with Gasteiger partial charge in [0, 0.05) is 44.5 Å². The van der Waals surface area contributed by atoms with Crippen molar-refractivity contribution in [3.8, 4) is 5.75 Å². The van der Waals surface area contributed by atoms with Gasteiger partial charge < -0.3 is 14.5 Å². The second-order valence-electron chi connectivity index (χ2n) is 9.93. The lowest BCUT2D eigenvalue weighted by molar-refractivity contribution is -0.134. The van der Waals surface area contributed by atoms with E-state index in [9.17, 15) is 4.79 Å². The molecule has 1 atom stereocenters. The van der Waals surface area contributed by atoms with Crippen LogP contribution in [-0.4, -0.2) is 53.6 Å². The molecular weight excluding hydrogens is 436 g/mol. The van der Waals surface area contributed by atoms with Gasteiger partial charge in [-0.3, -0.25) is 4.79 Å². The van der Waals surface area contributed by atoms with E-state index in [4.69, 9.17) is 4.74 Å². The molecule has 1 fully saturated rings. The normalized spacial score (nSPS) is 20.7. The number of allylic oxidation sites excluding steroid dienone is 2. The lowest BCUT2D eigenvalue weighted by atomic mass is 9.86. The predicted octanol–water partition coefficient (Wildman–Crippen LogP) is 4.92. The molecule has 0 radical (unpaired) electrons. The number of aryl methyl sites for hydroxylation is 1. The summed E-state index contributed by atoms with van der Waals surface area (Å²) in [5.74, 6) is 2.78. The molecule has 0 N–H and O–H groups in total. The number of carbonyl (C=O) groups is 1. The van der Waals surface area contributed by atoms with Gasteiger partial charge in [0.05, 0.1) is 6.61 Å². The number of nitrogens with zero attached hydrogens (tertiary/aromatic N) is 4. The molecule has 0 spiro atoms. The Morgan fingerprint density at radius 2 is 1.74 bits per heavy atom. The average molecular weight is 473 g/mol. The van der Waals surface area contributed by atoms with Gasteiger partial charge in [-0.2, -0.15) is 0 Å². The zero-order valence-electron chi connectivity index (χ0n) is 20.7. The zero-order chi connectivity index (χ0) is 24.0. The molecule has 184 valence electrons. The summed E-state index contributed by atoms with van der Waals surface area (Å²) in [6, 6.07) is 8.49. The number of hydrogen-bond acceptors (Lipinski definition) is 5. The van der Waals surface area contributed by atoms with Crippen molar-refractivity contribution in [2.75, 3.05) is 37.7 Å². The molecule has 1 aromatic carbocycles. The van der Waals surface area contributed by atoms with Crippen LogP contribution >= 0.6 is 0 Å². The molecule has 1 saturated heterocycles. The smallest absolute Gasteiger partial charge is 0.226 e. The third-order valence-electron chi connectivity index (χ3n) is 7.60. The lowest BCUT2D eigenvalue weighted by Gasteiger charge is -2.31. The summed E-state index contributed by atoms with van der Waals surface area (Å²) in [7, 11) is 0. The zero-order valence-corrected chi connectivity index (χ0v) is 20.7. The Labute approximate surface area is 208 Å². The molecule has 3 aliphatic rings. The third-order valence-corrected chi connectivity index (χ3v) is 7.60. The molecule has 2 aliphatic heterocycles. The molecule has 3 heterocycles. The number of anilines is 1. The van der Waals surface area contributed by atoms with E-state index in [0.29, 0.717) is 11.8 Å². The third kappa shape index (κ3) is 5.75. The molecule has 35 heavy (non-hydrogen) atoms. The van der Waals surface area contributed by atoms with Crippen LogP contribution in [0.4, 0.5) is 5.95 Å². The summed E-state index contributed by atoms with van der Waals surface area (Å²) >= 11 is 0. The number of piperidine rings is 1. The van der Waals surface area contributed by atoms with Crippen LogP contribution in [0.1, 0.15) is 50.2 Å². The minimum Gasteiger partial charge on any atom is -0.493 e. The van der Waals surface area contributed by atoms with E-state index in [1.54, 1.807) is 0 Å². The van der Waals surface area contributed by atoms with Crippen LogP contribution in [0.15, 0.2) is 54.9 Å². The molecule has 6 heteroatoms. The summed E-state index contributed by atoms with van der Waals surface area (Å²) in [6.07, 6.45) is 16.2. The lowest BCUT2D eigenvalue weighted by Crippen LogP contribution is -2.36. The Kier molecular flexibility index (Phi) is 7.45. The maximum absolute atomic E-state index is 12.6. The van der Waals surface area contributed by atoms with Gasteiger partial charge in [0.2, 0.25) is 11.9 Å². The summed E-state index contributed by atoms with van der Waals surface area (Å²) in [4.78, 5) is 25.9. The maximum Gasteiger partial charge on any atom is 0.226 e. The van der Waals surface area contributed by atoms with Crippen molar-refractivity contribution in [2.45, 2.75) is 45.4 Å². The fraction of sp³-hybridized carbons (Fsp3) is 0.483. The van der Waals surface area contributed by atoms with Crippen LogP contribution < -0.4 is 9.64 Å². The van der Waals surface area contributed by atoms with Crippen LogP contribution in [0.25, 0.3) is 5.57 Å². The molecule has 1 unspecified atom stereocenters. The van der Waals surface area contributed by atoms with E-state index in [-0.39, 0.29) is 5.92 Å². The standard InChI is InChI=1S/C29H36N4O2/c1-2-22-19-30-29(31-20-22)33-17-13-23(14-18-33)21-35-27-11-9-25(10-12-27)24-5-7-26(8-6-24)28(34)32-15-3-4-16-32/h3-5,9-12,19-20,23,26H,2,6-8,13-18,21H2,1H3. The first-order valence-corrected chi connectivity index (χ1v) is 13.1. The van der Waals surface area contributed by atoms with Gasteiger partial charge in [0.15, 0.2) is 0 Å². The van der Waals surface area contributed by atoms with E-state index in [2.05, 4.69) is 64.3 Å². The van der Waals surface area contributed by atoms with Gasteiger partial charge in [-0.1, -0.05) is 37.3 Å². The van der Waals surface area contributed by atoms with Crippen molar-refractivity contribution >= 4 is 17.4 Å². The number of benzene rings is 1. The molecule has 5 rings (SSSR count). The van der Waals surface area contributed by atoms with Gasteiger partial charge in [-0.05, 0) is 73.3 Å². The quantitative estimate of drug-likeness (QED) is 0.536. The Balaban J connectivity index is 1.07. The van der Waals surface area contributed by atoms with Gasteiger partial charge in [0.25, 0.3) is 0 Å². The van der Waals surface area contributed by atoms with E-state index >= 15 is 0 Å². The van der Waals surface area contributed by atoms with Crippen molar-refractivity contribution < 1.29 is 9.53 Å². The second kappa shape index (κ2) is 11.1. The van der Waals surface area contributed by atoms with Crippen molar-refractivity contribution in [1.82, 2.24) is 14.9 Å². The van der Waals surface area contributed by atoms with Crippen molar-refractivity contribution in [2.24, 2.45) is 11.8 Å². The minimum absolute atomic E-state index is 0.134. The van der Waals surface area contributed by atoms with Crippen molar-refractivity contribution in [3.05, 3.63) is 66.0 Å². The Bertz CT molecular complexity index is 1050. The topological polar surface area (TPSA) is 58.6 Å². The molecule has 0 bridgehead atoms. The molecule has 1 aliphatic carbocycles. The number of ether oxygens (including phenoxy) is 1. The van der Waals surface area contributed by atoms with E-state index < -0.39 is 0 Å². The first-order chi connectivity index (χ1) is 17.2. The molecule has 1 amide bonds. The predicted molar refractivity (Wildman–Crippen MR) is 139 cm³/mol. The summed E-state index contributed by atoms with van der Waals surface area (Å²) in [5.41, 5.74) is 3.77. The molecular formula is C29H36N4O2. The molecule has 1 aromatic heterocycles. The number of hydrogen-bond donors (Lipinski definition) is 0. The van der Waals surface area contributed by atoms with E-state index in [0.717, 1.165) is 83.0 Å². The maximum atomic E-state index is 12.6. The second-order valence-corrected chi connectivity index (χ2v) is 9.93. The van der Waals surface area contributed by atoms with Crippen LogP contribution in [0.3, 0.4) is 0 Å². The van der Waals surface area contributed by atoms with Gasteiger partial charge in [-0.25, -0.2) is 9.97 Å². The highest BCUT2D eigenvalue weighted by atomic mass is 16.5. The average Bonchev–Trinajstić information content (AvgIpc) is 3.48. The van der Waals surface area contributed by atoms with Gasteiger partial charge in [-0.15, -0.1) is 0 Å². The van der Waals surface area contributed by atoms with Crippen molar-refractivity contribution in [1.29, 1.82) is 0 Å². The van der Waals surface area contributed by atoms with Crippen LogP contribution in [0.5, 0.6) is 5.75 Å². The summed E-state index contributed by atoms with van der Waals surface area (Å²) in [5, 5.41) is 0. The number of aromatic nitrogens is 2. The molecule has 2 aromatic rings. The summed E-state index contributed by atoms with van der Waals surface area (Å²) in [6.45, 7) is 6.37. The number of rotatable bonds is 7. The molecule has 0 saturated carbocycles. The summed E-state index contributed by atoms with van der Waals surface area (Å²) < 4.78 is 6.14. The highest BCUT2D eigenvalue weighted by molar-refractivity contribution is 5.81. The minimum atomic E-state index is 0.134. The van der Waals surface area contributed by atoms with Crippen LogP contribution in [-0.2, 0) is 11.2 Å². The van der Waals surface area contributed by atoms with Gasteiger partial charge >= 0.3 is 0 Å². The number of amides is 1. The van der Waals surface area contributed by atoms with Crippen LogP contribution in [0, 0.1) is 11.8 Å². The van der Waals surface area contributed by atoms with Crippen molar-refractivity contribution in [3.63, 3.8) is 0 Å². The Morgan fingerprint density at radius 3 is 2.37 bits per heavy atom. The largest absolute Gasteiger partial charge is 0.493 e. The molecule has 6 nitrogen and oxygen atoms in total. The van der Waals surface area contributed by atoms with Gasteiger partial charge in [0.1, 0.15) is 5.75 Å². The Hall–Kier alpha value is -3.15. The monoisotopic (exact) mass is 472 g/mol. The Morgan fingerprint density at radius 1 is 1.03 bits per heavy atom. The fourth-order valence-corrected chi connectivity index (χ4v) is 5.21. The van der Waals surface area contributed by atoms with E-state index in [1.165, 1.54) is 16.7 Å².